The number of halogens is 1. The SMILES string of the molecule is CC(=O)Nc1ccc(SC(C)C(=O)Nc2ccc(Cl)cn2)cc1. The van der Waals surface area contributed by atoms with Gasteiger partial charge in [-0.15, -0.1) is 11.8 Å². The standard InChI is InChI=1S/C16H16ClN3O2S/c1-10(16(22)20-15-8-3-12(17)9-18-15)23-14-6-4-13(5-7-14)19-11(2)21/h3-10H,1-2H3,(H,19,21)(H,18,20,22). The summed E-state index contributed by atoms with van der Waals surface area (Å²) >= 11 is 7.18. The third-order valence-corrected chi connectivity index (χ3v) is 4.17. The second-order valence-electron chi connectivity index (χ2n) is 4.82. The van der Waals surface area contributed by atoms with Crippen LogP contribution in [0.25, 0.3) is 0 Å². The highest BCUT2D eigenvalue weighted by Gasteiger charge is 2.15. The van der Waals surface area contributed by atoms with Crippen molar-refractivity contribution in [2.45, 2.75) is 24.0 Å². The van der Waals surface area contributed by atoms with E-state index in [2.05, 4.69) is 15.6 Å². The Morgan fingerprint density at radius 2 is 1.83 bits per heavy atom. The molecule has 1 atom stereocenters. The van der Waals surface area contributed by atoms with Crippen molar-refractivity contribution in [2.24, 2.45) is 0 Å². The van der Waals surface area contributed by atoms with Gasteiger partial charge in [0.2, 0.25) is 11.8 Å². The second-order valence-corrected chi connectivity index (χ2v) is 6.67. The molecule has 2 rings (SSSR count). The molecule has 2 N–H and O–H groups in total. The number of carbonyl (C=O) groups excluding carboxylic acids is 2. The van der Waals surface area contributed by atoms with Gasteiger partial charge in [-0.25, -0.2) is 4.98 Å². The van der Waals surface area contributed by atoms with E-state index >= 15 is 0 Å². The van der Waals surface area contributed by atoms with Crippen LogP contribution in [0.4, 0.5) is 11.5 Å². The first-order valence-electron chi connectivity index (χ1n) is 6.91. The molecule has 0 aliphatic carbocycles. The summed E-state index contributed by atoms with van der Waals surface area (Å²) in [5.74, 6) is 0.206. The number of aromatic nitrogens is 1. The summed E-state index contributed by atoms with van der Waals surface area (Å²) in [7, 11) is 0. The lowest BCUT2D eigenvalue weighted by Gasteiger charge is -2.12. The third kappa shape index (κ3) is 5.58. The van der Waals surface area contributed by atoms with E-state index in [9.17, 15) is 9.59 Å². The topological polar surface area (TPSA) is 71.1 Å². The minimum atomic E-state index is -0.293. The van der Waals surface area contributed by atoms with Crippen molar-refractivity contribution in [3.63, 3.8) is 0 Å². The number of carbonyl (C=O) groups is 2. The van der Waals surface area contributed by atoms with Gasteiger partial charge in [0, 0.05) is 23.7 Å². The Labute approximate surface area is 143 Å². The van der Waals surface area contributed by atoms with E-state index in [0.29, 0.717) is 10.8 Å². The molecule has 5 nitrogen and oxygen atoms in total. The van der Waals surface area contributed by atoms with Gasteiger partial charge in [0.15, 0.2) is 0 Å². The normalized spacial score (nSPS) is 11.6. The number of benzene rings is 1. The zero-order chi connectivity index (χ0) is 16.8. The van der Waals surface area contributed by atoms with Crippen molar-refractivity contribution >= 4 is 46.7 Å². The van der Waals surface area contributed by atoms with Gasteiger partial charge in [0.05, 0.1) is 10.3 Å². The number of hydrogen-bond donors (Lipinski definition) is 2. The molecule has 120 valence electrons. The zero-order valence-electron chi connectivity index (χ0n) is 12.7. The lowest BCUT2D eigenvalue weighted by Crippen LogP contribution is -2.22. The Hall–Kier alpha value is -2.05. The average Bonchev–Trinajstić information content (AvgIpc) is 2.51. The smallest absolute Gasteiger partial charge is 0.238 e. The maximum absolute atomic E-state index is 12.2. The van der Waals surface area contributed by atoms with Crippen molar-refractivity contribution in [1.82, 2.24) is 4.98 Å². The Kier molecular flexibility index (Phi) is 6.01. The number of rotatable bonds is 5. The molecule has 1 unspecified atom stereocenters. The van der Waals surface area contributed by atoms with Crippen LogP contribution >= 0.6 is 23.4 Å². The van der Waals surface area contributed by atoms with Gasteiger partial charge in [-0.2, -0.15) is 0 Å². The Morgan fingerprint density at radius 3 is 2.39 bits per heavy atom. The number of nitrogens with one attached hydrogen (secondary N) is 2. The monoisotopic (exact) mass is 349 g/mol. The van der Waals surface area contributed by atoms with Crippen LogP contribution in [-0.4, -0.2) is 22.0 Å². The van der Waals surface area contributed by atoms with Crippen molar-refractivity contribution in [1.29, 1.82) is 0 Å². The van der Waals surface area contributed by atoms with Crippen LogP contribution in [0.2, 0.25) is 5.02 Å². The van der Waals surface area contributed by atoms with Crippen LogP contribution in [0.15, 0.2) is 47.5 Å². The first-order chi connectivity index (χ1) is 10.9. The van der Waals surface area contributed by atoms with Gasteiger partial charge in [0.25, 0.3) is 0 Å². The van der Waals surface area contributed by atoms with E-state index in [1.165, 1.54) is 24.9 Å². The molecule has 0 aliphatic rings. The van der Waals surface area contributed by atoms with E-state index in [-0.39, 0.29) is 17.1 Å². The lowest BCUT2D eigenvalue weighted by molar-refractivity contribution is -0.115. The second kappa shape index (κ2) is 7.99. The number of amides is 2. The Bertz CT molecular complexity index is 689. The molecular formula is C16H16ClN3O2S. The average molecular weight is 350 g/mol. The van der Waals surface area contributed by atoms with Gasteiger partial charge in [-0.1, -0.05) is 11.6 Å². The highest BCUT2D eigenvalue weighted by atomic mass is 35.5. The quantitative estimate of drug-likeness (QED) is 0.805. The molecule has 7 heteroatoms. The zero-order valence-corrected chi connectivity index (χ0v) is 14.2. The molecule has 0 spiro atoms. The molecule has 1 aromatic heterocycles. The summed E-state index contributed by atoms with van der Waals surface area (Å²) in [6.07, 6.45) is 1.48. The maximum atomic E-state index is 12.2. The molecular weight excluding hydrogens is 334 g/mol. The summed E-state index contributed by atoms with van der Waals surface area (Å²) in [6, 6.07) is 10.6. The maximum Gasteiger partial charge on any atom is 0.238 e. The van der Waals surface area contributed by atoms with Crippen LogP contribution in [0.1, 0.15) is 13.8 Å². The Balaban J connectivity index is 1.92. The van der Waals surface area contributed by atoms with Gasteiger partial charge in [-0.3, -0.25) is 9.59 Å². The van der Waals surface area contributed by atoms with Gasteiger partial charge in [-0.05, 0) is 43.3 Å². The van der Waals surface area contributed by atoms with E-state index in [1.807, 2.05) is 19.1 Å². The minimum absolute atomic E-state index is 0.117. The number of pyridine rings is 1. The summed E-state index contributed by atoms with van der Waals surface area (Å²) in [6.45, 7) is 3.28. The molecule has 0 saturated carbocycles. The summed E-state index contributed by atoms with van der Waals surface area (Å²) in [4.78, 5) is 28.1. The van der Waals surface area contributed by atoms with Crippen LogP contribution in [0.3, 0.4) is 0 Å². The molecule has 0 aliphatic heterocycles. The van der Waals surface area contributed by atoms with Gasteiger partial charge < -0.3 is 10.6 Å². The lowest BCUT2D eigenvalue weighted by atomic mass is 10.3. The molecule has 0 fully saturated rings. The fourth-order valence-electron chi connectivity index (χ4n) is 1.76. The molecule has 0 bridgehead atoms. The number of nitrogens with zero attached hydrogens (tertiary/aromatic N) is 1. The Morgan fingerprint density at radius 1 is 1.13 bits per heavy atom. The van der Waals surface area contributed by atoms with Crippen LogP contribution < -0.4 is 10.6 Å². The van der Waals surface area contributed by atoms with E-state index in [4.69, 9.17) is 11.6 Å². The van der Waals surface area contributed by atoms with E-state index in [0.717, 1.165) is 10.6 Å². The predicted molar refractivity (Wildman–Crippen MR) is 93.9 cm³/mol. The number of hydrogen-bond acceptors (Lipinski definition) is 4. The fraction of sp³-hybridized carbons (Fsp3) is 0.188. The molecule has 0 radical (unpaired) electrons. The largest absolute Gasteiger partial charge is 0.326 e. The summed E-state index contributed by atoms with van der Waals surface area (Å²) in [5, 5.41) is 5.66. The van der Waals surface area contributed by atoms with E-state index < -0.39 is 0 Å². The predicted octanol–water partition coefficient (Wildman–Crippen LogP) is 3.81. The molecule has 0 saturated heterocycles. The minimum Gasteiger partial charge on any atom is -0.326 e. The van der Waals surface area contributed by atoms with Gasteiger partial charge >= 0.3 is 0 Å². The van der Waals surface area contributed by atoms with E-state index in [1.54, 1.807) is 24.3 Å². The fourth-order valence-corrected chi connectivity index (χ4v) is 2.73. The molecule has 2 aromatic rings. The number of thioether (sulfide) groups is 1. The first kappa shape index (κ1) is 17.3. The number of anilines is 2. The molecule has 23 heavy (non-hydrogen) atoms. The van der Waals surface area contributed by atoms with Crippen LogP contribution in [0, 0.1) is 0 Å². The molecule has 1 aromatic carbocycles. The van der Waals surface area contributed by atoms with Crippen molar-refractivity contribution < 1.29 is 9.59 Å². The summed E-state index contributed by atoms with van der Waals surface area (Å²) < 4.78 is 0. The van der Waals surface area contributed by atoms with Gasteiger partial charge in [0.1, 0.15) is 5.82 Å². The van der Waals surface area contributed by atoms with Crippen molar-refractivity contribution in [3.8, 4) is 0 Å². The highest BCUT2D eigenvalue weighted by Crippen LogP contribution is 2.25. The van der Waals surface area contributed by atoms with Crippen molar-refractivity contribution in [3.05, 3.63) is 47.6 Å². The highest BCUT2D eigenvalue weighted by molar-refractivity contribution is 8.00. The molecule has 1 heterocycles. The van der Waals surface area contributed by atoms with Crippen molar-refractivity contribution in [2.75, 3.05) is 10.6 Å². The third-order valence-electron chi connectivity index (χ3n) is 2.84. The molecule has 2 amide bonds. The summed E-state index contributed by atoms with van der Waals surface area (Å²) in [5.41, 5.74) is 0.726. The first-order valence-corrected chi connectivity index (χ1v) is 8.16. The van der Waals surface area contributed by atoms with Crippen LogP contribution in [0.5, 0.6) is 0 Å². The van der Waals surface area contributed by atoms with Crippen LogP contribution in [-0.2, 0) is 9.59 Å².